The second kappa shape index (κ2) is 13.6. The number of halogens is 5. The molecule has 1 atom stereocenters. The summed E-state index contributed by atoms with van der Waals surface area (Å²) in [5.41, 5.74) is 4.16. The SMILES string of the molecule is Cc1cc(SC(Cc2ccc(-c3ccc(F)c(Cl)c3)cc2)c2sc(-c3ccc(C(F)(F)F)cc3)nc2C)ccc1OCC(=O)O. The molecule has 4 aromatic carbocycles. The third-order valence-electron chi connectivity index (χ3n) is 6.99. The van der Waals surface area contributed by atoms with Crippen molar-refractivity contribution in [2.24, 2.45) is 0 Å². The van der Waals surface area contributed by atoms with Crippen LogP contribution in [0.15, 0.2) is 89.8 Å². The highest BCUT2D eigenvalue weighted by Gasteiger charge is 2.30. The Kier molecular flexibility index (Phi) is 9.86. The molecule has 0 spiro atoms. The monoisotopic (exact) mass is 671 g/mol. The van der Waals surface area contributed by atoms with Crippen LogP contribution in [0.2, 0.25) is 5.02 Å². The predicted octanol–water partition coefficient (Wildman–Crippen LogP) is 10.4. The molecule has 11 heteroatoms. The number of nitrogens with zero attached hydrogens (tertiary/aromatic N) is 1. The Morgan fingerprint density at radius 3 is 2.24 bits per heavy atom. The summed E-state index contributed by atoms with van der Waals surface area (Å²) in [6.07, 6.45) is -3.81. The molecule has 1 N–H and O–H groups in total. The van der Waals surface area contributed by atoms with Crippen LogP contribution in [0.4, 0.5) is 17.6 Å². The van der Waals surface area contributed by atoms with Crippen molar-refractivity contribution < 1.29 is 32.2 Å². The molecule has 0 amide bonds. The molecule has 232 valence electrons. The van der Waals surface area contributed by atoms with Crippen LogP contribution in [-0.4, -0.2) is 22.7 Å². The topological polar surface area (TPSA) is 59.4 Å². The summed E-state index contributed by atoms with van der Waals surface area (Å²) in [6, 6.07) is 23.0. The third kappa shape index (κ3) is 8.06. The van der Waals surface area contributed by atoms with E-state index in [9.17, 15) is 22.4 Å². The van der Waals surface area contributed by atoms with Gasteiger partial charge < -0.3 is 9.84 Å². The van der Waals surface area contributed by atoms with Crippen molar-refractivity contribution >= 4 is 40.7 Å². The summed E-state index contributed by atoms with van der Waals surface area (Å²) < 4.78 is 58.4. The van der Waals surface area contributed by atoms with Gasteiger partial charge in [-0.05, 0) is 85.0 Å². The average Bonchev–Trinajstić information content (AvgIpc) is 3.39. The van der Waals surface area contributed by atoms with E-state index in [0.29, 0.717) is 22.7 Å². The Bertz CT molecular complexity index is 1820. The van der Waals surface area contributed by atoms with Crippen LogP contribution in [0.3, 0.4) is 0 Å². The minimum Gasteiger partial charge on any atom is -0.482 e. The number of carboxylic acids is 1. The number of hydrogen-bond donors (Lipinski definition) is 1. The van der Waals surface area contributed by atoms with Gasteiger partial charge in [0, 0.05) is 20.6 Å². The average molecular weight is 672 g/mol. The predicted molar refractivity (Wildman–Crippen MR) is 171 cm³/mol. The van der Waals surface area contributed by atoms with E-state index in [2.05, 4.69) is 0 Å². The Hall–Kier alpha value is -3.86. The molecule has 0 aliphatic heterocycles. The molecule has 0 saturated carbocycles. The van der Waals surface area contributed by atoms with Crippen LogP contribution in [0.25, 0.3) is 21.7 Å². The number of carbonyl (C=O) groups is 1. The summed E-state index contributed by atoms with van der Waals surface area (Å²) in [4.78, 5) is 17.6. The van der Waals surface area contributed by atoms with Gasteiger partial charge >= 0.3 is 12.1 Å². The van der Waals surface area contributed by atoms with E-state index in [1.165, 1.54) is 29.5 Å². The highest BCUT2D eigenvalue weighted by atomic mass is 35.5. The number of aryl methyl sites for hydroxylation is 2. The second-order valence-corrected chi connectivity index (χ2v) is 13.0. The van der Waals surface area contributed by atoms with Crippen LogP contribution in [0.1, 0.15) is 32.5 Å². The van der Waals surface area contributed by atoms with Crippen molar-refractivity contribution in [3.8, 4) is 27.4 Å². The van der Waals surface area contributed by atoms with Crippen LogP contribution in [-0.2, 0) is 17.4 Å². The number of rotatable bonds is 10. The van der Waals surface area contributed by atoms with Gasteiger partial charge in [0.2, 0.25) is 0 Å². The lowest BCUT2D eigenvalue weighted by molar-refractivity contribution is -0.139. The lowest BCUT2D eigenvalue weighted by Gasteiger charge is -2.18. The molecule has 4 nitrogen and oxygen atoms in total. The zero-order valence-corrected chi connectivity index (χ0v) is 26.4. The zero-order chi connectivity index (χ0) is 32.3. The molecule has 1 heterocycles. The zero-order valence-electron chi connectivity index (χ0n) is 24.0. The van der Waals surface area contributed by atoms with Crippen LogP contribution in [0, 0.1) is 19.7 Å². The van der Waals surface area contributed by atoms with E-state index in [0.717, 1.165) is 49.9 Å². The number of thiazole rings is 1. The second-order valence-electron chi connectivity index (χ2n) is 10.3. The fourth-order valence-corrected chi connectivity index (χ4v) is 7.50. The van der Waals surface area contributed by atoms with Gasteiger partial charge in [0.15, 0.2) is 6.61 Å². The Labute approximate surface area is 270 Å². The number of hydrogen-bond acceptors (Lipinski definition) is 5. The van der Waals surface area contributed by atoms with Gasteiger partial charge in [-0.1, -0.05) is 54.1 Å². The first-order valence-corrected chi connectivity index (χ1v) is 15.8. The molecule has 0 bridgehead atoms. The van der Waals surface area contributed by atoms with Crippen molar-refractivity contribution in [1.82, 2.24) is 4.98 Å². The van der Waals surface area contributed by atoms with Crippen molar-refractivity contribution in [2.45, 2.75) is 36.6 Å². The smallest absolute Gasteiger partial charge is 0.416 e. The maximum atomic E-state index is 13.7. The molecular formula is C34H26ClF4NO3S2. The maximum absolute atomic E-state index is 13.7. The maximum Gasteiger partial charge on any atom is 0.416 e. The fraction of sp³-hybridized carbons (Fsp3) is 0.176. The fourth-order valence-electron chi connectivity index (χ4n) is 4.70. The van der Waals surface area contributed by atoms with Crippen LogP contribution in [0.5, 0.6) is 5.75 Å². The summed E-state index contributed by atoms with van der Waals surface area (Å²) in [6.45, 7) is 3.29. The molecule has 1 unspecified atom stereocenters. The van der Waals surface area contributed by atoms with Crippen molar-refractivity contribution in [3.63, 3.8) is 0 Å². The molecule has 5 aromatic rings. The van der Waals surface area contributed by atoms with E-state index >= 15 is 0 Å². The van der Waals surface area contributed by atoms with Gasteiger partial charge in [-0.15, -0.1) is 23.1 Å². The van der Waals surface area contributed by atoms with Crippen molar-refractivity contribution in [3.05, 3.63) is 123 Å². The highest BCUT2D eigenvalue weighted by molar-refractivity contribution is 7.99. The number of thioether (sulfide) groups is 1. The van der Waals surface area contributed by atoms with E-state index in [-0.39, 0.29) is 10.3 Å². The Morgan fingerprint density at radius 1 is 0.956 bits per heavy atom. The van der Waals surface area contributed by atoms with Crippen molar-refractivity contribution in [2.75, 3.05) is 6.61 Å². The van der Waals surface area contributed by atoms with Crippen molar-refractivity contribution in [1.29, 1.82) is 0 Å². The van der Waals surface area contributed by atoms with Crippen LogP contribution < -0.4 is 4.74 Å². The molecule has 5 rings (SSSR count). The Morgan fingerprint density at radius 2 is 1.62 bits per heavy atom. The van der Waals surface area contributed by atoms with Gasteiger partial charge in [-0.3, -0.25) is 0 Å². The molecule has 1 aromatic heterocycles. The van der Waals surface area contributed by atoms with E-state index < -0.39 is 30.1 Å². The number of ether oxygens (including phenoxy) is 1. The first-order chi connectivity index (χ1) is 21.4. The van der Waals surface area contributed by atoms with E-state index in [1.54, 1.807) is 30.0 Å². The van der Waals surface area contributed by atoms with Gasteiger partial charge in [0.1, 0.15) is 16.6 Å². The Balaban J connectivity index is 1.45. The molecule has 0 aliphatic rings. The standard InChI is InChI=1S/C34H26ClF4NO3S2/c1-19-15-26(12-14-29(19)43-18-31(41)42)44-30(16-21-3-5-22(6-4-21)24-9-13-28(36)27(35)17-24)32-20(2)40-33(45-32)23-7-10-25(11-8-23)34(37,38)39/h3-15,17,30H,16,18H2,1-2H3,(H,41,42). The van der Waals surface area contributed by atoms with Gasteiger partial charge in [-0.2, -0.15) is 13.2 Å². The largest absolute Gasteiger partial charge is 0.482 e. The third-order valence-corrected chi connectivity index (χ3v) is 9.96. The lowest BCUT2D eigenvalue weighted by atomic mass is 10.0. The van der Waals surface area contributed by atoms with Crippen LogP contribution >= 0.6 is 34.7 Å². The van der Waals surface area contributed by atoms with Gasteiger partial charge in [0.05, 0.1) is 16.3 Å². The number of aromatic nitrogens is 1. The van der Waals surface area contributed by atoms with E-state index in [1.807, 2.05) is 50.2 Å². The molecular weight excluding hydrogens is 646 g/mol. The number of carboxylic acid groups (broad SMARTS) is 1. The quantitative estimate of drug-likeness (QED) is 0.118. The normalized spacial score (nSPS) is 12.2. The highest BCUT2D eigenvalue weighted by Crippen LogP contribution is 2.44. The van der Waals surface area contributed by atoms with Gasteiger partial charge in [0.25, 0.3) is 0 Å². The molecule has 0 fully saturated rings. The summed E-state index contributed by atoms with van der Waals surface area (Å²) in [5, 5.41) is 9.53. The number of benzene rings is 4. The van der Waals surface area contributed by atoms with Gasteiger partial charge in [-0.25, -0.2) is 14.2 Å². The first-order valence-electron chi connectivity index (χ1n) is 13.7. The number of aliphatic carboxylic acids is 1. The molecule has 0 aliphatic carbocycles. The molecule has 0 saturated heterocycles. The minimum absolute atomic E-state index is 0.0484. The lowest BCUT2D eigenvalue weighted by Crippen LogP contribution is -2.10. The van der Waals surface area contributed by atoms with E-state index in [4.69, 9.17) is 26.4 Å². The minimum atomic E-state index is -4.42. The summed E-state index contributed by atoms with van der Waals surface area (Å²) in [5.74, 6) is -1.07. The molecule has 0 radical (unpaired) electrons. The molecule has 45 heavy (non-hydrogen) atoms. The first kappa shape index (κ1) is 32.5. The number of alkyl halides is 3. The summed E-state index contributed by atoms with van der Waals surface area (Å²) >= 11 is 9.03. The summed E-state index contributed by atoms with van der Waals surface area (Å²) in [7, 11) is 0.